The molecule has 0 radical (unpaired) electrons. The second-order valence-electron chi connectivity index (χ2n) is 18.2. The van der Waals surface area contributed by atoms with Crippen molar-refractivity contribution in [3.8, 4) is 17.2 Å². The Morgan fingerprint density at radius 3 is 1.15 bits per heavy atom. The van der Waals surface area contributed by atoms with E-state index in [4.69, 9.17) is 0 Å². The summed E-state index contributed by atoms with van der Waals surface area (Å²) >= 11 is 0. The first-order valence-electron chi connectivity index (χ1n) is 25.9. The summed E-state index contributed by atoms with van der Waals surface area (Å²) in [6, 6.07) is 24.3. The molecule has 0 saturated heterocycles. The quantitative estimate of drug-likeness (QED) is 0.0248. The SMILES string of the molecule is CCCCCCCCCCCCCCCCCCN(CCCCCCCCCCCCCCCCCC)c1ccc(-c2ccc(C=Cc3ccc([N+](=O)[O-])c(C#N)c3)cc2)cc1. The Hall–Kier alpha value is -3.91. The summed E-state index contributed by atoms with van der Waals surface area (Å²) in [5.41, 5.74) is 5.44. The smallest absolute Gasteiger partial charge is 0.287 e. The molecule has 0 aliphatic carbocycles. The Morgan fingerprint density at radius 2 is 0.790 bits per heavy atom. The molecule has 0 fully saturated rings. The topological polar surface area (TPSA) is 70.2 Å². The maximum Gasteiger partial charge on any atom is 0.287 e. The van der Waals surface area contributed by atoms with Crippen LogP contribution in [0.25, 0.3) is 23.3 Å². The van der Waals surface area contributed by atoms with Crippen molar-refractivity contribution in [1.29, 1.82) is 5.26 Å². The van der Waals surface area contributed by atoms with Crippen LogP contribution in [-0.2, 0) is 0 Å². The lowest BCUT2D eigenvalue weighted by molar-refractivity contribution is -0.385. The Bertz CT molecular complexity index is 1590. The van der Waals surface area contributed by atoms with Crippen LogP contribution in [-0.4, -0.2) is 18.0 Å². The lowest BCUT2D eigenvalue weighted by Crippen LogP contribution is -2.25. The van der Waals surface area contributed by atoms with Crippen molar-refractivity contribution in [3.05, 3.63) is 93.5 Å². The van der Waals surface area contributed by atoms with Crippen molar-refractivity contribution in [1.82, 2.24) is 0 Å². The largest absolute Gasteiger partial charge is 0.372 e. The minimum absolute atomic E-state index is 0.0737. The van der Waals surface area contributed by atoms with E-state index in [1.165, 1.54) is 228 Å². The van der Waals surface area contributed by atoms with Gasteiger partial charge >= 0.3 is 0 Å². The fraction of sp³-hybridized carbons (Fsp3) is 0.632. The van der Waals surface area contributed by atoms with E-state index in [2.05, 4.69) is 67.3 Å². The average Bonchev–Trinajstić information content (AvgIpc) is 3.30. The van der Waals surface area contributed by atoms with Crippen molar-refractivity contribution in [2.24, 2.45) is 0 Å². The van der Waals surface area contributed by atoms with E-state index >= 15 is 0 Å². The molecular formula is C57H87N3O2. The standard InChI is InChI=1S/C57H87N3O2/c1-3-5-7-9-11-13-15-17-19-21-23-25-27-29-31-33-47-59(48-34-32-30-28-26-24-22-20-18-16-14-12-10-8-6-4-2)56-44-42-54(43-45-56)53-40-37-51(38-41-53)35-36-52-39-46-57(60(61)62)55(49-52)50-58/h35-46,49H,3-34,47-48H2,1-2H3. The maximum atomic E-state index is 11.2. The summed E-state index contributed by atoms with van der Waals surface area (Å²) in [5, 5.41) is 20.5. The van der Waals surface area contributed by atoms with Gasteiger partial charge in [-0.15, -0.1) is 0 Å². The summed E-state index contributed by atoms with van der Waals surface area (Å²) in [6.07, 6.45) is 48.7. The molecule has 5 heteroatoms. The van der Waals surface area contributed by atoms with Gasteiger partial charge in [0.25, 0.3) is 5.69 Å². The average molecular weight is 846 g/mol. The van der Waals surface area contributed by atoms with Crippen LogP contribution in [0.5, 0.6) is 0 Å². The van der Waals surface area contributed by atoms with E-state index < -0.39 is 4.92 Å². The zero-order chi connectivity index (χ0) is 44.1. The summed E-state index contributed by atoms with van der Waals surface area (Å²) in [4.78, 5) is 13.3. The summed E-state index contributed by atoms with van der Waals surface area (Å²) in [6.45, 7) is 6.88. The van der Waals surface area contributed by atoms with Crippen LogP contribution in [0, 0.1) is 21.4 Å². The number of rotatable bonds is 39. The highest BCUT2D eigenvalue weighted by molar-refractivity contribution is 5.74. The van der Waals surface area contributed by atoms with Gasteiger partial charge in [-0.25, -0.2) is 0 Å². The fourth-order valence-electron chi connectivity index (χ4n) is 8.82. The first-order chi connectivity index (χ1) is 30.5. The predicted octanol–water partition coefficient (Wildman–Crippen LogP) is 18.6. The third-order valence-corrected chi connectivity index (χ3v) is 12.8. The van der Waals surface area contributed by atoms with Crippen LogP contribution < -0.4 is 4.90 Å². The molecule has 0 aliphatic rings. The third-order valence-electron chi connectivity index (χ3n) is 12.8. The molecule has 0 saturated carbocycles. The van der Waals surface area contributed by atoms with Gasteiger partial charge in [-0.1, -0.05) is 255 Å². The van der Waals surface area contributed by atoms with Gasteiger partial charge in [0.2, 0.25) is 0 Å². The molecule has 3 aromatic carbocycles. The van der Waals surface area contributed by atoms with Crippen LogP contribution in [0.1, 0.15) is 236 Å². The number of unbranched alkanes of at least 4 members (excludes halogenated alkanes) is 30. The number of hydrogen-bond acceptors (Lipinski definition) is 4. The first kappa shape index (κ1) is 52.4. The second kappa shape index (κ2) is 35.5. The van der Waals surface area contributed by atoms with E-state index in [9.17, 15) is 15.4 Å². The molecule has 0 unspecified atom stereocenters. The molecule has 0 amide bonds. The highest BCUT2D eigenvalue weighted by Gasteiger charge is 2.13. The zero-order valence-electron chi connectivity index (χ0n) is 39.7. The zero-order valence-corrected chi connectivity index (χ0v) is 39.7. The molecule has 3 rings (SSSR count). The van der Waals surface area contributed by atoms with Crippen molar-refractivity contribution >= 4 is 23.5 Å². The second-order valence-corrected chi connectivity index (χ2v) is 18.2. The lowest BCUT2D eigenvalue weighted by Gasteiger charge is -2.25. The molecular weight excluding hydrogens is 759 g/mol. The minimum atomic E-state index is -0.515. The Morgan fingerprint density at radius 1 is 0.468 bits per heavy atom. The van der Waals surface area contributed by atoms with Crippen LogP contribution in [0.2, 0.25) is 0 Å². The summed E-state index contributed by atoms with van der Waals surface area (Å²) in [5.74, 6) is 0. The highest BCUT2D eigenvalue weighted by atomic mass is 16.6. The van der Waals surface area contributed by atoms with Gasteiger partial charge in [0.15, 0.2) is 0 Å². The van der Waals surface area contributed by atoms with Gasteiger partial charge in [-0.05, 0) is 59.4 Å². The van der Waals surface area contributed by atoms with Gasteiger partial charge in [0.05, 0.1) is 4.92 Å². The van der Waals surface area contributed by atoms with E-state index in [-0.39, 0.29) is 11.3 Å². The molecule has 3 aromatic rings. The Kier molecular flexibility index (Phi) is 30.1. The molecule has 62 heavy (non-hydrogen) atoms. The number of nitriles is 1. The number of anilines is 1. The molecule has 0 spiro atoms. The van der Waals surface area contributed by atoms with Gasteiger partial charge in [0.1, 0.15) is 11.6 Å². The number of nitro benzene ring substituents is 1. The van der Waals surface area contributed by atoms with Gasteiger partial charge in [-0.2, -0.15) is 5.26 Å². The Balaban J connectivity index is 1.41. The summed E-state index contributed by atoms with van der Waals surface area (Å²) in [7, 11) is 0. The van der Waals surface area contributed by atoms with Crippen LogP contribution >= 0.6 is 0 Å². The molecule has 0 aromatic heterocycles. The molecule has 5 nitrogen and oxygen atoms in total. The first-order valence-corrected chi connectivity index (χ1v) is 25.9. The van der Waals surface area contributed by atoms with Crippen molar-refractivity contribution in [2.75, 3.05) is 18.0 Å². The third kappa shape index (κ3) is 24.1. The molecule has 0 heterocycles. The minimum Gasteiger partial charge on any atom is -0.372 e. The van der Waals surface area contributed by atoms with Crippen molar-refractivity contribution in [2.45, 2.75) is 219 Å². The Labute approximate surface area is 380 Å². The number of nitro groups is 1. The van der Waals surface area contributed by atoms with Crippen molar-refractivity contribution < 1.29 is 4.92 Å². The normalized spacial score (nSPS) is 11.4. The molecule has 342 valence electrons. The molecule has 0 bridgehead atoms. The number of benzene rings is 3. The molecule has 0 N–H and O–H groups in total. The monoisotopic (exact) mass is 846 g/mol. The number of hydrogen-bond donors (Lipinski definition) is 0. The van der Waals surface area contributed by atoms with Crippen LogP contribution in [0.3, 0.4) is 0 Å². The van der Waals surface area contributed by atoms with Gasteiger partial charge in [0, 0.05) is 24.8 Å². The van der Waals surface area contributed by atoms with Crippen LogP contribution in [0.4, 0.5) is 11.4 Å². The lowest BCUT2D eigenvalue weighted by atomic mass is 10.0. The fourth-order valence-corrected chi connectivity index (χ4v) is 8.82. The molecule has 0 atom stereocenters. The van der Waals surface area contributed by atoms with E-state index in [1.54, 1.807) is 12.1 Å². The van der Waals surface area contributed by atoms with E-state index in [1.807, 2.05) is 18.2 Å². The number of nitrogens with zero attached hydrogens (tertiary/aromatic N) is 3. The highest BCUT2D eigenvalue weighted by Crippen LogP contribution is 2.26. The predicted molar refractivity (Wildman–Crippen MR) is 270 cm³/mol. The summed E-state index contributed by atoms with van der Waals surface area (Å²) < 4.78 is 0. The van der Waals surface area contributed by atoms with Crippen LogP contribution in [0.15, 0.2) is 66.7 Å². The molecule has 0 aliphatic heterocycles. The van der Waals surface area contributed by atoms with Crippen molar-refractivity contribution in [3.63, 3.8) is 0 Å². The van der Waals surface area contributed by atoms with Gasteiger partial charge in [-0.3, -0.25) is 10.1 Å². The maximum absolute atomic E-state index is 11.2. The van der Waals surface area contributed by atoms with Gasteiger partial charge < -0.3 is 4.90 Å². The van der Waals surface area contributed by atoms with E-state index in [0.717, 1.165) is 24.2 Å². The van der Waals surface area contributed by atoms with E-state index in [0.29, 0.717) is 0 Å².